The van der Waals surface area contributed by atoms with Gasteiger partial charge >= 0.3 is 0 Å². The molecule has 10 aromatic rings. The topological polar surface area (TPSA) is 8.17 Å². The van der Waals surface area contributed by atoms with Crippen LogP contribution in [0.5, 0.6) is 0 Å². The largest absolute Gasteiger partial charge is 0.310 e. The molecule has 1 spiro atoms. The third-order valence-electron chi connectivity index (χ3n) is 14.4. The summed E-state index contributed by atoms with van der Waals surface area (Å²) in [7, 11) is 0. The molecule has 61 heavy (non-hydrogen) atoms. The third kappa shape index (κ3) is 4.97. The van der Waals surface area contributed by atoms with Gasteiger partial charge in [0.05, 0.1) is 16.4 Å². The van der Waals surface area contributed by atoms with Crippen molar-refractivity contribution in [1.82, 2.24) is 4.57 Å². The van der Waals surface area contributed by atoms with Crippen molar-refractivity contribution in [3.8, 4) is 27.9 Å². The first kappa shape index (κ1) is 34.7. The van der Waals surface area contributed by atoms with Crippen LogP contribution < -0.4 is 4.90 Å². The number of benzene rings is 9. The van der Waals surface area contributed by atoms with Crippen molar-refractivity contribution in [2.45, 2.75) is 43.4 Å². The molecule has 0 radical (unpaired) electrons. The first-order valence-corrected chi connectivity index (χ1v) is 22.1. The third-order valence-corrected chi connectivity index (χ3v) is 14.4. The van der Waals surface area contributed by atoms with Crippen molar-refractivity contribution in [1.29, 1.82) is 0 Å². The second kappa shape index (κ2) is 13.4. The summed E-state index contributed by atoms with van der Waals surface area (Å²) in [6, 6.07) is 75.6. The predicted octanol–water partition coefficient (Wildman–Crippen LogP) is 15.8. The van der Waals surface area contributed by atoms with Crippen molar-refractivity contribution < 1.29 is 0 Å². The van der Waals surface area contributed by atoms with Gasteiger partial charge in [-0.3, -0.25) is 0 Å². The van der Waals surface area contributed by atoms with Gasteiger partial charge < -0.3 is 9.47 Å². The van der Waals surface area contributed by atoms with Crippen LogP contribution in [0.2, 0.25) is 0 Å². The highest BCUT2D eigenvalue weighted by molar-refractivity contribution is 6.11. The Morgan fingerprint density at radius 2 is 1.07 bits per heavy atom. The minimum atomic E-state index is -0.498. The SMILES string of the molecule is c1ccc(N(c2ccc3c(c2)C2(c4ccccc4-3)c3ccc(C4CCCCC4)cc3-c3cccc4cccc2c34)c2ccc3c4ccccc4n(-c4ccccc4)c3c2)cc1. The van der Waals surface area contributed by atoms with Gasteiger partial charge in [0.1, 0.15) is 0 Å². The van der Waals surface area contributed by atoms with E-state index in [1.807, 2.05) is 0 Å². The molecule has 1 heterocycles. The summed E-state index contributed by atoms with van der Waals surface area (Å²) in [6.45, 7) is 0. The van der Waals surface area contributed by atoms with Crippen LogP contribution in [0.4, 0.5) is 17.1 Å². The van der Waals surface area contributed by atoms with E-state index >= 15 is 0 Å². The Hall–Kier alpha value is -7.16. The number of anilines is 3. The molecule has 0 amide bonds. The van der Waals surface area contributed by atoms with Crippen molar-refractivity contribution in [2.24, 2.45) is 0 Å². The molecular weight excluding hydrogens is 737 g/mol. The first-order valence-electron chi connectivity index (χ1n) is 22.1. The van der Waals surface area contributed by atoms with Crippen molar-refractivity contribution in [2.75, 3.05) is 4.90 Å². The second-order valence-electron chi connectivity index (χ2n) is 17.4. The number of para-hydroxylation sites is 3. The van der Waals surface area contributed by atoms with Crippen LogP contribution in [0.1, 0.15) is 65.8 Å². The van der Waals surface area contributed by atoms with Crippen LogP contribution in [-0.4, -0.2) is 4.57 Å². The Morgan fingerprint density at radius 3 is 1.93 bits per heavy atom. The summed E-state index contributed by atoms with van der Waals surface area (Å²) in [5, 5.41) is 5.19. The van der Waals surface area contributed by atoms with E-state index in [9.17, 15) is 0 Å². The molecule has 290 valence electrons. The molecule has 0 bridgehead atoms. The highest BCUT2D eigenvalue weighted by Crippen LogP contribution is 2.63. The lowest BCUT2D eigenvalue weighted by Crippen LogP contribution is -2.32. The lowest BCUT2D eigenvalue weighted by molar-refractivity contribution is 0.443. The molecule has 2 nitrogen and oxygen atoms in total. The molecule has 3 aliphatic carbocycles. The molecule has 3 aliphatic rings. The quantitative estimate of drug-likeness (QED) is 0.169. The highest BCUT2D eigenvalue weighted by atomic mass is 15.1. The minimum absolute atomic E-state index is 0.498. The average Bonchev–Trinajstić information content (AvgIpc) is 3.81. The zero-order valence-corrected chi connectivity index (χ0v) is 34.1. The summed E-state index contributed by atoms with van der Waals surface area (Å²) in [4.78, 5) is 2.47. The number of fused-ring (bicyclic) bond motifs is 12. The summed E-state index contributed by atoms with van der Waals surface area (Å²) >= 11 is 0. The number of aromatic nitrogens is 1. The molecule has 0 N–H and O–H groups in total. The van der Waals surface area contributed by atoms with Crippen LogP contribution in [0.15, 0.2) is 200 Å². The van der Waals surface area contributed by atoms with E-state index in [2.05, 4.69) is 210 Å². The van der Waals surface area contributed by atoms with Crippen LogP contribution in [0.25, 0.3) is 60.5 Å². The van der Waals surface area contributed by atoms with E-state index in [4.69, 9.17) is 0 Å². The van der Waals surface area contributed by atoms with Gasteiger partial charge in [0.25, 0.3) is 0 Å². The normalized spacial score (nSPS) is 16.5. The van der Waals surface area contributed by atoms with Gasteiger partial charge in [-0.25, -0.2) is 0 Å². The standard InChI is InChI=1S/C59H44N2/c1-4-16-39(17-5-1)41-30-35-53-51(36-41)50-26-14-18-40-19-15-28-54(58(40)50)59(53)52-27-12-10-24-46(52)47-33-31-44(37-55(47)59)60(42-20-6-2-7-21-42)45-32-34-49-48-25-11-13-29-56(48)61(57(49)38-45)43-22-8-3-9-23-43/h2-3,6-15,18-39H,1,4-5,16-17H2. The van der Waals surface area contributed by atoms with E-state index in [-0.39, 0.29) is 0 Å². The molecule has 13 rings (SSSR count). The van der Waals surface area contributed by atoms with Gasteiger partial charge in [-0.2, -0.15) is 0 Å². The van der Waals surface area contributed by atoms with Crippen LogP contribution in [0, 0.1) is 0 Å². The van der Waals surface area contributed by atoms with Gasteiger partial charge in [-0.05, 0) is 134 Å². The van der Waals surface area contributed by atoms with E-state index in [1.54, 1.807) is 0 Å². The number of hydrogen-bond donors (Lipinski definition) is 0. The Morgan fingerprint density at radius 1 is 0.410 bits per heavy atom. The maximum atomic E-state index is 2.60. The minimum Gasteiger partial charge on any atom is -0.310 e. The molecule has 0 aliphatic heterocycles. The lowest BCUT2D eigenvalue weighted by atomic mass is 9.61. The summed E-state index contributed by atoms with van der Waals surface area (Å²) in [5.41, 5.74) is 18.8. The fourth-order valence-electron chi connectivity index (χ4n) is 11.8. The van der Waals surface area contributed by atoms with Crippen molar-refractivity contribution in [3.05, 3.63) is 228 Å². The fraction of sp³-hybridized carbons (Fsp3) is 0.119. The van der Waals surface area contributed by atoms with Crippen LogP contribution in [0.3, 0.4) is 0 Å². The number of hydrogen-bond acceptors (Lipinski definition) is 1. The summed E-state index contributed by atoms with van der Waals surface area (Å²) in [6.07, 6.45) is 6.58. The number of rotatable bonds is 5. The zero-order chi connectivity index (χ0) is 40.1. The van der Waals surface area contributed by atoms with E-state index in [1.165, 1.54) is 115 Å². The molecule has 1 atom stereocenters. The van der Waals surface area contributed by atoms with E-state index in [0.29, 0.717) is 5.92 Å². The highest BCUT2D eigenvalue weighted by Gasteiger charge is 2.50. The fourth-order valence-corrected chi connectivity index (χ4v) is 11.8. The predicted molar refractivity (Wildman–Crippen MR) is 255 cm³/mol. The summed E-state index contributed by atoms with van der Waals surface area (Å²) < 4.78 is 2.42. The monoisotopic (exact) mass is 780 g/mol. The molecule has 9 aromatic carbocycles. The maximum Gasteiger partial charge on any atom is 0.0726 e. The van der Waals surface area contributed by atoms with E-state index < -0.39 is 5.41 Å². The van der Waals surface area contributed by atoms with Crippen LogP contribution in [-0.2, 0) is 5.41 Å². The summed E-state index contributed by atoms with van der Waals surface area (Å²) in [5.74, 6) is 0.624. The van der Waals surface area contributed by atoms with Gasteiger partial charge in [0, 0.05) is 33.5 Å². The van der Waals surface area contributed by atoms with Crippen molar-refractivity contribution in [3.63, 3.8) is 0 Å². The van der Waals surface area contributed by atoms with Gasteiger partial charge in [-0.15, -0.1) is 0 Å². The lowest BCUT2D eigenvalue weighted by Gasteiger charge is -2.41. The van der Waals surface area contributed by atoms with Crippen LogP contribution >= 0.6 is 0 Å². The molecule has 0 saturated heterocycles. The zero-order valence-electron chi connectivity index (χ0n) is 34.1. The van der Waals surface area contributed by atoms with E-state index in [0.717, 1.165) is 22.7 Å². The van der Waals surface area contributed by atoms with Gasteiger partial charge in [0.15, 0.2) is 0 Å². The molecule has 1 saturated carbocycles. The Labute approximate surface area is 357 Å². The smallest absolute Gasteiger partial charge is 0.0726 e. The molecule has 2 heteroatoms. The number of nitrogens with zero attached hydrogens (tertiary/aromatic N) is 2. The Bertz CT molecular complexity index is 3350. The average molecular weight is 781 g/mol. The Kier molecular flexibility index (Phi) is 7.63. The second-order valence-corrected chi connectivity index (χ2v) is 17.4. The van der Waals surface area contributed by atoms with Crippen molar-refractivity contribution >= 4 is 49.6 Å². The van der Waals surface area contributed by atoms with Gasteiger partial charge in [-0.1, -0.05) is 165 Å². The molecule has 1 aromatic heterocycles. The van der Waals surface area contributed by atoms with Gasteiger partial charge in [0.2, 0.25) is 0 Å². The molecule has 1 unspecified atom stereocenters. The first-order chi connectivity index (χ1) is 30.3. The molecular formula is C59H44N2. The maximum absolute atomic E-state index is 2.60. The Balaban J connectivity index is 1.08. The molecule has 1 fully saturated rings.